The van der Waals surface area contributed by atoms with Gasteiger partial charge in [-0.15, -0.1) is 0 Å². The number of ether oxygens (including phenoxy) is 1. The van der Waals surface area contributed by atoms with Gasteiger partial charge in [-0.25, -0.2) is 8.42 Å². The highest BCUT2D eigenvalue weighted by Gasteiger charge is 2.21. The first kappa shape index (κ1) is 20.2. The highest BCUT2D eigenvalue weighted by molar-refractivity contribution is 7.89. The third-order valence-electron chi connectivity index (χ3n) is 3.66. The number of amides is 1. The van der Waals surface area contributed by atoms with E-state index in [-0.39, 0.29) is 11.5 Å². The van der Waals surface area contributed by atoms with Crippen LogP contribution in [0.5, 0.6) is 5.75 Å². The molecule has 0 aliphatic heterocycles. The van der Waals surface area contributed by atoms with Gasteiger partial charge in [0, 0.05) is 18.8 Å². The molecule has 0 saturated carbocycles. The zero-order chi connectivity index (χ0) is 19.2. The van der Waals surface area contributed by atoms with Crippen molar-refractivity contribution in [1.82, 2.24) is 4.31 Å². The van der Waals surface area contributed by atoms with Crippen LogP contribution in [0.25, 0.3) is 0 Å². The fourth-order valence-corrected chi connectivity index (χ4v) is 4.04. The van der Waals surface area contributed by atoms with Crippen LogP contribution in [-0.2, 0) is 14.8 Å². The predicted octanol–water partition coefficient (Wildman–Crippen LogP) is 3.39. The highest BCUT2D eigenvalue weighted by Crippen LogP contribution is 2.23. The Hall–Kier alpha value is -2.09. The first-order valence-corrected chi connectivity index (χ1v) is 9.97. The Bertz CT molecular complexity index is 867. The first-order valence-electron chi connectivity index (χ1n) is 8.15. The lowest BCUT2D eigenvalue weighted by atomic mass is 10.3. The molecule has 0 fully saturated rings. The van der Waals surface area contributed by atoms with Gasteiger partial charge in [0.25, 0.3) is 5.91 Å². The van der Waals surface area contributed by atoms with E-state index in [1.54, 1.807) is 50.2 Å². The number of anilines is 1. The summed E-state index contributed by atoms with van der Waals surface area (Å²) in [5.74, 6) is -0.00974. The third-order valence-corrected chi connectivity index (χ3v) is 6.01. The van der Waals surface area contributed by atoms with Crippen molar-refractivity contribution in [3.63, 3.8) is 0 Å². The van der Waals surface area contributed by atoms with Gasteiger partial charge in [-0.2, -0.15) is 4.31 Å². The molecule has 140 valence electrons. The van der Waals surface area contributed by atoms with E-state index in [1.165, 1.54) is 16.4 Å². The van der Waals surface area contributed by atoms with Crippen LogP contribution in [-0.4, -0.2) is 38.3 Å². The van der Waals surface area contributed by atoms with E-state index in [0.717, 1.165) is 0 Å². The maximum atomic E-state index is 12.6. The van der Waals surface area contributed by atoms with Crippen LogP contribution in [0, 0.1) is 0 Å². The molecule has 0 unspecified atom stereocenters. The van der Waals surface area contributed by atoms with Crippen molar-refractivity contribution in [2.75, 3.05) is 25.0 Å². The van der Waals surface area contributed by atoms with Gasteiger partial charge >= 0.3 is 0 Å². The summed E-state index contributed by atoms with van der Waals surface area (Å²) in [4.78, 5) is 12.2. The maximum absolute atomic E-state index is 12.6. The Morgan fingerprint density at radius 2 is 1.81 bits per heavy atom. The molecular weight excluding hydrogens is 376 g/mol. The molecular formula is C18H21ClN2O4S. The average molecular weight is 397 g/mol. The van der Waals surface area contributed by atoms with Crippen molar-refractivity contribution in [3.05, 3.63) is 53.6 Å². The molecule has 1 N–H and O–H groups in total. The number of carbonyl (C=O) groups excluding carboxylic acids is 1. The molecule has 2 aromatic carbocycles. The average Bonchev–Trinajstić information content (AvgIpc) is 2.62. The molecule has 0 aromatic heterocycles. The van der Waals surface area contributed by atoms with Gasteiger partial charge in [-0.05, 0) is 30.3 Å². The van der Waals surface area contributed by atoms with E-state index in [0.29, 0.717) is 29.5 Å². The minimum Gasteiger partial charge on any atom is -0.482 e. The van der Waals surface area contributed by atoms with E-state index < -0.39 is 15.9 Å². The maximum Gasteiger partial charge on any atom is 0.262 e. The van der Waals surface area contributed by atoms with Gasteiger partial charge in [-0.3, -0.25) is 4.79 Å². The second-order valence-electron chi connectivity index (χ2n) is 5.38. The van der Waals surface area contributed by atoms with Crippen LogP contribution in [0.4, 0.5) is 5.69 Å². The summed E-state index contributed by atoms with van der Waals surface area (Å²) in [7, 11) is -3.59. The summed E-state index contributed by atoms with van der Waals surface area (Å²) < 4.78 is 31.8. The fraction of sp³-hybridized carbons (Fsp3) is 0.278. The zero-order valence-electron chi connectivity index (χ0n) is 14.6. The molecule has 0 saturated heterocycles. The number of nitrogens with zero attached hydrogens (tertiary/aromatic N) is 1. The summed E-state index contributed by atoms with van der Waals surface area (Å²) >= 11 is 5.97. The molecule has 0 atom stereocenters. The molecule has 8 heteroatoms. The molecule has 0 aliphatic carbocycles. The van der Waals surface area contributed by atoms with E-state index in [1.807, 2.05) is 0 Å². The van der Waals surface area contributed by atoms with Crippen LogP contribution in [0.3, 0.4) is 0 Å². The quantitative estimate of drug-likeness (QED) is 0.742. The summed E-state index contributed by atoms with van der Waals surface area (Å²) in [6, 6.07) is 13.0. The van der Waals surface area contributed by atoms with Crippen molar-refractivity contribution in [1.29, 1.82) is 0 Å². The standard InChI is InChI=1S/C18H21ClN2O4S/c1-3-21(4-2)26(23,24)15-9-7-8-14(12-15)20-18(22)13-25-17-11-6-5-10-16(17)19/h5-12H,3-4,13H2,1-2H3,(H,20,22). The SMILES string of the molecule is CCN(CC)S(=O)(=O)c1cccc(NC(=O)COc2ccccc2Cl)c1. The second-order valence-corrected chi connectivity index (χ2v) is 7.73. The largest absolute Gasteiger partial charge is 0.482 e. The molecule has 6 nitrogen and oxygen atoms in total. The minimum absolute atomic E-state index is 0.131. The molecule has 26 heavy (non-hydrogen) atoms. The molecule has 1 amide bonds. The van der Waals surface area contributed by atoms with Gasteiger partial charge in [0.2, 0.25) is 10.0 Å². The minimum atomic E-state index is -3.59. The predicted molar refractivity (Wildman–Crippen MR) is 102 cm³/mol. The van der Waals surface area contributed by atoms with Crippen molar-refractivity contribution in [3.8, 4) is 5.75 Å². The van der Waals surface area contributed by atoms with E-state index in [4.69, 9.17) is 16.3 Å². The Morgan fingerprint density at radius 3 is 2.46 bits per heavy atom. The van der Waals surface area contributed by atoms with E-state index in [2.05, 4.69) is 5.32 Å². The molecule has 2 aromatic rings. The molecule has 0 bridgehead atoms. The lowest BCUT2D eigenvalue weighted by Gasteiger charge is -2.18. The van der Waals surface area contributed by atoms with E-state index in [9.17, 15) is 13.2 Å². The fourth-order valence-electron chi connectivity index (χ4n) is 2.35. The number of para-hydroxylation sites is 1. The molecule has 0 radical (unpaired) electrons. The van der Waals surface area contributed by atoms with Crippen LogP contribution < -0.4 is 10.1 Å². The monoisotopic (exact) mass is 396 g/mol. The van der Waals surface area contributed by atoms with Crippen LogP contribution in [0.15, 0.2) is 53.4 Å². The zero-order valence-corrected chi connectivity index (χ0v) is 16.2. The second kappa shape index (κ2) is 9.02. The number of benzene rings is 2. The Balaban J connectivity index is 2.06. The van der Waals surface area contributed by atoms with E-state index >= 15 is 0 Å². The number of hydrogen-bond acceptors (Lipinski definition) is 4. The normalized spacial score (nSPS) is 11.4. The van der Waals surface area contributed by atoms with Gasteiger partial charge in [-0.1, -0.05) is 43.6 Å². The van der Waals surface area contributed by atoms with Crippen molar-refractivity contribution >= 4 is 33.2 Å². The Labute approximate surface area is 158 Å². The number of rotatable bonds is 8. The number of hydrogen-bond donors (Lipinski definition) is 1. The molecule has 0 spiro atoms. The summed E-state index contributed by atoms with van der Waals surface area (Å²) in [6.45, 7) is 4.07. The number of carbonyl (C=O) groups is 1. The van der Waals surface area contributed by atoms with Crippen molar-refractivity contribution < 1.29 is 17.9 Å². The van der Waals surface area contributed by atoms with Crippen molar-refractivity contribution in [2.24, 2.45) is 0 Å². The summed E-state index contributed by atoms with van der Waals surface area (Å²) in [6.07, 6.45) is 0. The highest BCUT2D eigenvalue weighted by atomic mass is 35.5. The van der Waals surface area contributed by atoms with Gasteiger partial charge in [0.1, 0.15) is 5.75 Å². The lowest BCUT2D eigenvalue weighted by molar-refractivity contribution is -0.118. The summed E-state index contributed by atoms with van der Waals surface area (Å²) in [5, 5.41) is 3.04. The number of nitrogens with one attached hydrogen (secondary N) is 1. The lowest BCUT2D eigenvalue weighted by Crippen LogP contribution is -2.30. The van der Waals surface area contributed by atoms with Gasteiger partial charge in [0.05, 0.1) is 9.92 Å². The number of halogens is 1. The Morgan fingerprint density at radius 1 is 1.12 bits per heavy atom. The van der Waals surface area contributed by atoms with Gasteiger partial charge in [0.15, 0.2) is 6.61 Å². The van der Waals surface area contributed by atoms with Crippen LogP contribution in [0.1, 0.15) is 13.8 Å². The molecule has 0 aliphatic rings. The summed E-state index contributed by atoms with van der Waals surface area (Å²) in [5.41, 5.74) is 0.381. The van der Waals surface area contributed by atoms with Crippen LogP contribution >= 0.6 is 11.6 Å². The van der Waals surface area contributed by atoms with Crippen molar-refractivity contribution in [2.45, 2.75) is 18.7 Å². The molecule has 0 heterocycles. The smallest absolute Gasteiger partial charge is 0.262 e. The first-order chi connectivity index (χ1) is 12.4. The Kier molecular flexibility index (Phi) is 7.02. The third kappa shape index (κ3) is 4.97. The van der Waals surface area contributed by atoms with Gasteiger partial charge < -0.3 is 10.1 Å². The molecule has 2 rings (SSSR count). The number of sulfonamides is 1. The van der Waals surface area contributed by atoms with Crippen LogP contribution in [0.2, 0.25) is 5.02 Å². The topological polar surface area (TPSA) is 75.7 Å².